The molecule has 1 fully saturated rings. The van der Waals surface area contributed by atoms with Crippen LogP contribution >= 0.6 is 0 Å². The number of halogens is 1. The van der Waals surface area contributed by atoms with Crippen LogP contribution in [-0.2, 0) is 13.2 Å². The summed E-state index contributed by atoms with van der Waals surface area (Å²) < 4.78 is 13.8. The molecular weight excluding hydrogens is 291 g/mol. The fourth-order valence-corrected chi connectivity index (χ4v) is 3.13. The third-order valence-electron chi connectivity index (χ3n) is 4.46. The summed E-state index contributed by atoms with van der Waals surface area (Å²) >= 11 is 0. The summed E-state index contributed by atoms with van der Waals surface area (Å²) in [6.07, 6.45) is 2.02. The van der Waals surface area contributed by atoms with E-state index in [4.69, 9.17) is 0 Å². The minimum absolute atomic E-state index is 0.0782. The van der Waals surface area contributed by atoms with Crippen molar-refractivity contribution in [1.82, 2.24) is 5.32 Å². The summed E-state index contributed by atoms with van der Waals surface area (Å²) in [5, 5.41) is 12.8. The number of nitrogens with one attached hydrogen (secondary N) is 1. The van der Waals surface area contributed by atoms with E-state index in [-0.39, 0.29) is 12.4 Å². The Bertz CT molecular complexity index is 639. The lowest BCUT2D eigenvalue weighted by atomic mass is 10.0. The lowest BCUT2D eigenvalue weighted by Crippen LogP contribution is -2.42. The van der Waals surface area contributed by atoms with Gasteiger partial charge in [-0.15, -0.1) is 0 Å². The van der Waals surface area contributed by atoms with Crippen molar-refractivity contribution in [3.05, 3.63) is 65.5 Å². The molecule has 0 atom stereocenters. The molecule has 0 aromatic heterocycles. The topological polar surface area (TPSA) is 35.5 Å². The van der Waals surface area contributed by atoms with Gasteiger partial charge in [0, 0.05) is 25.7 Å². The monoisotopic (exact) mass is 314 g/mol. The van der Waals surface area contributed by atoms with Crippen molar-refractivity contribution in [2.24, 2.45) is 0 Å². The summed E-state index contributed by atoms with van der Waals surface area (Å²) in [6.45, 7) is 2.62. The maximum Gasteiger partial charge on any atom is 0.146 e. The Morgan fingerprint density at radius 1 is 1.04 bits per heavy atom. The van der Waals surface area contributed by atoms with Crippen molar-refractivity contribution in [2.75, 3.05) is 18.0 Å². The van der Waals surface area contributed by atoms with Gasteiger partial charge in [-0.3, -0.25) is 0 Å². The number of benzene rings is 2. The highest BCUT2D eigenvalue weighted by atomic mass is 19.1. The minimum atomic E-state index is -0.139. The van der Waals surface area contributed by atoms with E-state index >= 15 is 0 Å². The van der Waals surface area contributed by atoms with E-state index in [0.717, 1.165) is 38.0 Å². The number of aliphatic hydroxyl groups is 1. The number of hydrogen-bond acceptors (Lipinski definition) is 3. The smallest absolute Gasteiger partial charge is 0.146 e. The second-order valence-corrected chi connectivity index (χ2v) is 6.07. The van der Waals surface area contributed by atoms with Crippen molar-refractivity contribution < 1.29 is 9.50 Å². The van der Waals surface area contributed by atoms with Crippen molar-refractivity contribution in [3.8, 4) is 0 Å². The first-order valence-electron chi connectivity index (χ1n) is 8.18. The number of hydrogen-bond donors (Lipinski definition) is 2. The van der Waals surface area contributed by atoms with Crippen LogP contribution in [0.25, 0.3) is 0 Å². The maximum atomic E-state index is 13.8. The molecule has 0 saturated carbocycles. The minimum Gasteiger partial charge on any atom is -0.392 e. The van der Waals surface area contributed by atoms with Crippen LogP contribution in [0.15, 0.2) is 48.5 Å². The standard InChI is InChI=1S/C19H23FN2O/c20-18-6-1-2-7-19(18)22-10-8-17(9-11-22)21-13-15-4-3-5-16(12-15)14-23/h1-7,12,17,21,23H,8-11,13-14H2. The van der Waals surface area contributed by atoms with Crippen molar-refractivity contribution in [3.63, 3.8) is 0 Å². The van der Waals surface area contributed by atoms with E-state index in [2.05, 4.69) is 16.3 Å². The first-order valence-corrected chi connectivity index (χ1v) is 8.18. The molecule has 0 unspecified atom stereocenters. The maximum absolute atomic E-state index is 13.8. The van der Waals surface area contributed by atoms with Crippen LogP contribution in [0.5, 0.6) is 0 Å². The summed E-state index contributed by atoms with van der Waals surface area (Å²) in [5.74, 6) is -0.139. The Labute approximate surface area is 136 Å². The summed E-state index contributed by atoms with van der Waals surface area (Å²) in [6, 6.07) is 15.4. The molecule has 2 aromatic rings. The van der Waals surface area contributed by atoms with Crippen LogP contribution in [0, 0.1) is 5.82 Å². The third-order valence-corrected chi connectivity index (χ3v) is 4.46. The van der Waals surface area contributed by atoms with Crippen LogP contribution in [0.4, 0.5) is 10.1 Å². The summed E-state index contributed by atoms with van der Waals surface area (Å²) in [5.41, 5.74) is 2.84. The zero-order valence-electron chi connectivity index (χ0n) is 13.2. The van der Waals surface area contributed by atoms with Crippen molar-refractivity contribution in [2.45, 2.75) is 32.0 Å². The van der Waals surface area contributed by atoms with Gasteiger partial charge in [0.1, 0.15) is 5.82 Å². The zero-order chi connectivity index (χ0) is 16.1. The second kappa shape index (κ2) is 7.57. The van der Waals surface area contributed by atoms with Crippen LogP contribution in [0.1, 0.15) is 24.0 Å². The molecule has 23 heavy (non-hydrogen) atoms. The molecule has 0 spiro atoms. The molecule has 1 saturated heterocycles. The molecule has 0 radical (unpaired) electrons. The molecule has 3 nitrogen and oxygen atoms in total. The molecular formula is C19H23FN2O. The molecule has 4 heteroatoms. The average molecular weight is 314 g/mol. The van der Waals surface area contributed by atoms with Gasteiger partial charge >= 0.3 is 0 Å². The third kappa shape index (κ3) is 4.09. The van der Waals surface area contributed by atoms with Gasteiger partial charge in [0.25, 0.3) is 0 Å². The predicted octanol–water partition coefficient (Wildman–Crippen LogP) is 3.08. The molecule has 1 heterocycles. The van der Waals surface area contributed by atoms with Gasteiger partial charge in [-0.05, 0) is 36.1 Å². The first-order chi connectivity index (χ1) is 11.3. The second-order valence-electron chi connectivity index (χ2n) is 6.07. The average Bonchev–Trinajstić information content (AvgIpc) is 2.61. The van der Waals surface area contributed by atoms with E-state index in [0.29, 0.717) is 11.7 Å². The zero-order valence-corrected chi connectivity index (χ0v) is 13.2. The Hall–Kier alpha value is -1.91. The first kappa shape index (κ1) is 16.0. The molecule has 1 aliphatic rings. The number of anilines is 1. The molecule has 122 valence electrons. The fourth-order valence-electron chi connectivity index (χ4n) is 3.13. The Kier molecular flexibility index (Phi) is 5.26. The molecule has 2 aromatic carbocycles. The predicted molar refractivity (Wildman–Crippen MR) is 90.8 cm³/mol. The Balaban J connectivity index is 1.50. The summed E-state index contributed by atoms with van der Waals surface area (Å²) in [4.78, 5) is 2.12. The molecule has 0 bridgehead atoms. The molecule has 3 rings (SSSR count). The van der Waals surface area contributed by atoms with Crippen LogP contribution in [0.3, 0.4) is 0 Å². The SMILES string of the molecule is OCc1cccc(CNC2CCN(c3ccccc3F)CC2)c1. The van der Waals surface area contributed by atoms with E-state index in [9.17, 15) is 9.50 Å². The van der Waals surface area contributed by atoms with E-state index in [1.54, 1.807) is 6.07 Å². The highest BCUT2D eigenvalue weighted by molar-refractivity contribution is 5.47. The molecule has 2 N–H and O–H groups in total. The van der Waals surface area contributed by atoms with Crippen LogP contribution < -0.4 is 10.2 Å². The molecule has 0 amide bonds. The number of piperidine rings is 1. The summed E-state index contributed by atoms with van der Waals surface area (Å²) in [7, 11) is 0. The highest BCUT2D eigenvalue weighted by Gasteiger charge is 2.20. The van der Waals surface area contributed by atoms with E-state index in [1.807, 2.05) is 30.3 Å². The van der Waals surface area contributed by atoms with E-state index in [1.165, 1.54) is 11.6 Å². The van der Waals surface area contributed by atoms with Gasteiger partial charge in [0.15, 0.2) is 0 Å². The highest BCUT2D eigenvalue weighted by Crippen LogP contribution is 2.23. The van der Waals surface area contributed by atoms with Crippen LogP contribution in [-0.4, -0.2) is 24.2 Å². The number of para-hydroxylation sites is 1. The quantitative estimate of drug-likeness (QED) is 0.890. The van der Waals surface area contributed by atoms with Gasteiger partial charge in [-0.2, -0.15) is 0 Å². The largest absolute Gasteiger partial charge is 0.392 e. The van der Waals surface area contributed by atoms with E-state index < -0.39 is 0 Å². The normalized spacial score (nSPS) is 15.8. The van der Waals surface area contributed by atoms with Crippen molar-refractivity contribution in [1.29, 1.82) is 0 Å². The van der Waals surface area contributed by atoms with Gasteiger partial charge in [0.05, 0.1) is 12.3 Å². The van der Waals surface area contributed by atoms with Gasteiger partial charge in [0.2, 0.25) is 0 Å². The number of nitrogens with zero attached hydrogens (tertiary/aromatic N) is 1. The van der Waals surface area contributed by atoms with Gasteiger partial charge in [-0.1, -0.05) is 36.4 Å². The van der Waals surface area contributed by atoms with Gasteiger partial charge < -0.3 is 15.3 Å². The number of aliphatic hydroxyl groups excluding tert-OH is 1. The fraction of sp³-hybridized carbons (Fsp3) is 0.368. The molecule has 1 aliphatic heterocycles. The Morgan fingerprint density at radius 2 is 1.78 bits per heavy atom. The number of rotatable bonds is 5. The lowest BCUT2D eigenvalue weighted by Gasteiger charge is -2.34. The molecule has 0 aliphatic carbocycles. The lowest BCUT2D eigenvalue weighted by molar-refractivity contribution is 0.281. The Morgan fingerprint density at radius 3 is 2.52 bits per heavy atom. The van der Waals surface area contributed by atoms with Gasteiger partial charge in [-0.25, -0.2) is 4.39 Å². The van der Waals surface area contributed by atoms with Crippen molar-refractivity contribution >= 4 is 5.69 Å². The van der Waals surface area contributed by atoms with Crippen LogP contribution in [0.2, 0.25) is 0 Å².